The SMILES string of the molecule is Cc1nc(F)cc(Br)c1C(F)F. The van der Waals surface area contributed by atoms with Crippen LogP contribution in [0.15, 0.2) is 10.5 Å². The fraction of sp³-hybridized carbons (Fsp3) is 0.286. The number of halogens is 4. The standard InChI is InChI=1S/C7H5BrF3N/c1-3-6(7(10)11)4(8)2-5(9)12-3/h2,7H,1H3. The Balaban J connectivity index is 3.28. The van der Waals surface area contributed by atoms with E-state index in [4.69, 9.17) is 0 Å². The molecule has 0 atom stereocenters. The second-order valence-electron chi connectivity index (χ2n) is 2.23. The zero-order valence-corrected chi connectivity index (χ0v) is 7.70. The average molecular weight is 240 g/mol. The average Bonchev–Trinajstić information content (AvgIpc) is 1.82. The maximum absolute atomic E-state index is 12.5. The summed E-state index contributed by atoms with van der Waals surface area (Å²) in [4.78, 5) is 3.28. The minimum Gasteiger partial charge on any atom is -0.225 e. The second kappa shape index (κ2) is 3.43. The normalized spacial score (nSPS) is 10.8. The van der Waals surface area contributed by atoms with Gasteiger partial charge in [0.1, 0.15) is 0 Å². The monoisotopic (exact) mass is 239 g/mol. The van der Waals surface area contributed by atoms with E-state index >= 15 is 0 Å². The van der Waals surface area contributed by atoms with Gasteiger partial charge in [-0.3, -0.25) is 0 Å². The molecule has 0 amide bonds. The lowest BCUT2D eigenvalue weighted by atomic mass is 10.2. The van der Waals surface area contributed by atoms with Crippen LogP contribution in [0, 0.1) is 12.9 Å². The quantitative estimate of drug-likeness (QED) is 0.686. The van der Waals surface area contributed by atoms with Crippen molar-refractivity contribution in [2.45, 2.75) is 13.3 Å². The van der Waals surface area contributed by atoms with Crippen molar-refractivity contribution >= 4 is 15.9 Å². The number of hydrogen-bond acceptors (Lipinski definition) is 1. The summed E-state index contributed by atoms with van der Waals surface area (Å²) in [7, 11) is 0. The highest BCUT2D eigenvalue weighted by Gasteiger charge is 2.16. The van der Waals surface area contributed by atoms with Crippen LogP contribution in [0.3, 0.4) is 0 Å². The highest BCUT2D eigenvalue weighted by molar-refractivity contribution is 9.10. The largest absolute Gasteiger partial charge is 0.266 e. The van der Waals surface area contributed by atoms with Gasteiger partial charge in [-0.2, -0.15) is 4.39 Å². The van der Waals surface area contributed by atoms with E-state index in [9.17, 15) is 13.2 Å². The molecule has 0 aliphatic heterocycles. The first-order chi connectivity index (χ1) is 5.52. The molecule has 1 aromatic rings. The van der Waals surface area contributed by atoms with Gasteiger partial charge in [0.05, 0.1) is 11.3 Å². The highest BCUT2D eigenvalue weighted by atomic mass is 79.9. The topological polar surface area (TPSA) is 12.9 Å². The van der Waals surface area contributed by atoms with E-state index in [1.165, 1.54) is 6.92 Å². The van der Waals surface area contributed by atoms with Gasteiger partial charge in [0.25, 0.3) is 6.43 Å². The van der Waals surface area contributed by atoms with Crippen LogP contribution in [0.4, 0.5) is 13.2 Å². The van der Waals surface area contributed by atoms with Gasteiger partial charge >= 0.3 is 0 Å². The first kappa shape index (κ1) is 9.51. The molecule has 0 saturated carbocycles. The van der Waals surface area contributed by atoms with Crippen LogP contribution in [0.1, 0.15) is 17.7 Å². The van der Waals surface area contributed by atoms with Crippen molar-refractivity contribution in [3.8, 4) is 0 Å². The molecule has 0 fully saturated rings. The Hall–Kier alpha value is -0.580. The van der Waals surface area contributed by atoms with Crippen molar-refractivity contribution in [3.63, 3.8) is 0 Å². The molecule has 1 rings (SSSR count). The number of hydrogen-bond donors (Lipinski definition) is 0. The lowest BCUT2D eigenvalue weighted by Gasteiger charge is -2.05. The van der Waals surface area contributed by atoms with Crippen LogP contribution >= 0.6 is 15.9 Å². The third kappa shape index (κ3) is 1.77. The molecule has 0 bridgehead atoms. The van der Waals surface area contributed by atoms with Crippen molar-refractivity contribution in [2.75, 3.05) is 0 Å². The molecule has 0 aliphatic carbocycles. The maximum Gasteiger partial charge on any atom is 0.266 e. The summed E-state index contributed by atoms with van der Waals surface area (Å²) in [5.41, 5.74) is -0.242. The molecule has 0 N–H and O–H groups in total. The minimum atomic E-state index is -2.63. The number of rotatable bonds is 1. The van der Waals surface area contributed by atoms with E-state index in [-0.39, 0.29) is 15.7 Å². The molecule has 0 aliphatic rings. The molecule has 0 unspecified atom stereocenters. The molecule has 1 aromatic heterocycles. The van der Waals surface area contributed by atoms with Crippen molar-refractivity contribution in [1.82, 2.24) is 4.98 Å². The lowest BCUT2D eigenvalue weighted by molar-refractivity contribution is 0.149. The molecule has 0 aromatic carbocycles. The summed E-state index contributed by atoms with van der Waals surface area (Å²) in [6.07, 6.45) is -2.63. The van der Waals surface area contributed by atoms with E-state index in [0.29, 0.717) is 0 Å². The highest BCUT2D eigenvalue weighted by Crippen LogP contribution is 2.29. The molecule has 1 nitrogen and oxygen atoms in total. The Morgan fingerprint density at radius 3 is 2.50 bits per heavy atom. The number of pyridine rings is 1. The first-order valence-corrected chi connectivity index (χ1v) is 3.92. The van der Waals surface area contributed by atoms with Gasteiger partial charge in [0.2, 0.25) is 5.95 Å². The molecule has 66 valence electrons. The van der Waals surface area contributed by atoms with Crippen LogP contribution in [0.2, 0.25) is 0 Å². The zero-order chi connectivity index (χ0) is 9.30. The summed E-state index contributed by atoms with van der Waals surface area (Å²) in [5, 5.41) is 0. The van der Waals surface area contributed by atoms with Crippen LogP contribution in [0.25, 0.3) is 0 Å². The smallest absolute Gasteiger partial charge is 0.225 e. The predicted molar refractivity (Wildman–Crippen MR) is 41.6 cm³/mol. The van der Waals surface area contributed by atoms with Gasteiger partial charge in [-0.05, 0) is 6.92 Å². The molecular weight excluding hydrogens is 235 g/mol. The Morgan fingerprint density at radius 2 is 2.08 bits per heavy atom. The zero-order valence-electron chi connectivity index (χ0n) is 6.11. The van der Waals surface area contributed by atoms with E-state index in [2.05, 4.69) is 20.9 Å². The van der Waals surface area contributed by atoms with E-state index in [0.717, 1.165) is 6.07 Å². The van der Waals surface area contributed by atoms with Gasteiger partial charge in [0, 0.05) is 10.5 Å². The van der Waals surface area contributed by atoms with Gasteiger partial charge in [-0.1, -0.05) is 15.9 Å². The van der Waals surface area contributed by atoms with E-state index < -0.39 is 12.4 Å². The predicted octanol–water partition coefficient (Wildman–Crippen LogP) is 3.23. The molecule has 12 heavy (non-hydrogen) atoms. The summed E-state index contributed by atoms with van der Waals surface area (Å²) in [5.74, 6) is -0.760. The second-order valence-corrected chi connectivity index (χ2v) is 3.08. The third-order valence-electron chi connectivity index (χ3n) is 1.39. The van der Waals surface area contributed by atoms with Crippen molar-refractivity contribution in [1.29, 1.82) is 0 Å². The van der Waals surface area contributed by atoms with Crippen molar-refractivity contribution in [2.24, 2.45) is 0 Å². The lowest BCUT2D eigenvalue weighted by Crippen LogP contribution is -1.97. The van der Waals surface area contributed by atoms with E-state index in [1.54, 1.807) is 0 Å². The first-order valence-electron chi connectivity index (χ1n) is 3.13. The molecule has 1 heterocycles. The molecule has 5 heteroatoms. The Labute approximate surface area is 75.7 Å². The third-order valence-corrected chi connectivity index (χ3v) is 2.04. The Morgan fingerprint density at radius 1 is 1.50 bits per heavy atom. The van der Waals surface area contributed by atoms with Gasteiger partial charge < -0.3 is 0 Å². The summed E-state index contributed by atoms with van der Waals surface area (Å²) >= 11 is 2.84. The maximum atomic E-state index is 12.5. The number of alkyl halides is 2. The Bertz CT molecular complexity index is 278. The summed E-state index contributed by atoms with van der Waals surface area (Å²) in [6.45, 7) is 1.34. The Kier molecular flexibility index (Phi) is 2.72. The number of aryl methyl sites for hydroxylation is 1. The summed E-state index contributed by atoms with van der Waals surface area (Å²) in [6, 6.07) is 0.925. The molecule has 0 spiro atoms. The van der Waals surface area contributed by atoms with Crippen molar-refractivity contribution in [3.05, 3.63) is 27.7 Å². The van der Waals surface area contributed by atoms with E-state index in [1.807, 2.05) is 0 Å². The van der Waals surface area contributed by atoms with Crippen molar-refractivity contribution < 1.29 is 13.2 Å². The van der Waals surface area contributed by atoms with Crippen LogP contribution in [0.5, 0.6) is 0 Å². The van der Waals surface area contributed by atoms with Crippen LogP contribution in [-0.2, 0) is 0 Å². The van der Waals surface area contributed by atoms with Crippen LogP contribution in [-0.4, -0.2) is 4.98 Å². The number of aromatic nitrogens is 1. The van der Waals surface area contributed by atoms with Gasteiger partial charge in [0.15, 0.2) is 0 Å². The number of nitrogens with zero attached hydrogens (tertiary/aromatic N) is 1. The van der Waals surface area contributed by atoms with Gasteiger partial charge in [-0.15, -0.1) is 0 Å². The molecule has 0 radical (unpaired) electrons. The van der Waals surface area contributed by atoms with Gasteiger partial charge in [-0.25, -0.2) is 13.8 Å². The fourth-order valence-corrected chi connectivity index (χ4v) is 1.52. The molecular formula is C7H5BrF3N. The molecule has 0 saturated heterocycles. The van der Waals surface area contributed by atoms with Crippen LogP contribution < -0.4 is 0 Å². The summed E-state index contributed by atoms with van der Waals surface area (Å²) < 4.78 is 37.0. The fourth-order valence-electron chi connectivity index (χ4n) is 0.870. The minimum absolute atomic E-state index is 0.0110.